The van der Waals surface area contributed by atoms with Crippen LogP contribution in [0.3, 0.4) is 0 Å². The van der Waals surface area contributed by atoms with Crippen molar-refractivity contribution in [2.75, 3.05) is 0 Å². The summed E-state index contributed by atoms with van der Waals surface area (Å²) in [5.74, 6) is 0. The van der Waals surface area contributed by atoms with Gasteiger partial charge in [-0.1, -0.05) is 219 Å². The first-order chi connectivity index (χ1) is 23.0. The molecule has 0 unspecified atom stereocenters. The van der Waals surface area contributed by atoms with Gasteiger partial charge in [0.1, 0.15) is 0 Å². The predicted molar refractivity (Wildman–Crippen MR) is 213 cm³/mol. The van der Waals surface area contributed by atoms with Crippen molar-refractivity contribution in [2.24, 2.45) is 0 Å². The van der Waals surface area contributed by atoms with Crippen LogP contribution in [0.2, 0.25) is 0 Å². The molecule has 0 bridgehead atoms. The number of aryl methyl sites for hydroxylation is 1. The summed E-state index contributed by atoms with van der Waals surface area (Å²) in [7, 11) is 0. The summed E-state index contributed by atoms with van der Waals surface area (Å²) >= 11 is 5.70. The molecule has 2 nitrogen and oxygen atoms in total. The Hall–Kier alpha value is 0.763. The molecule has 0 saturated heterocycles. The van der Waals surface area contributed by atoms with Crippen molar-refractivity contribution in [1.82, 2.24) is 0 Å². The molecule has 48 heavy (non-hydrogen) atoms. The molecular weight excluding hydrogens is 697 g/mol. The van der Waals surface area contributed by atoms with Crippen molar-refractivity contribution in [3.8, 4) is 0 Å². The molecule has 0 aliphatic carbocycles. The van der Waals surface area contributed by atoms with Gasteiger partial charge in [-0.3, -0.25) is 0 Å². The Morgan fingerprint density at radius 2 is 0.750 bits per heavy atom. The number of unbranched alkanes of at least 4 members (excludes halogenated alkanes) is 30. The van der Waals surface area contributed by atoms with Gasteiger partial charge < -0.3 is 9.79 Å². The molecule has 0 aliphatic heterocycles. The Kier molecular flexibility index (Phi) is 36.7. The molecule has 6 heteroatoms. The molecule has 0 heterocycles. The van der Waals surface area contributed by atoms with Gasteiger partial charge in [-0.05, 0) is 42.9 Å². The second kappa shape index (κ2) is 36.1. The van der Waals surface area contributed by atoms with Gasteiger partial charge in [-0.25, -0.2) is 0 Å². The molecule has 0 saturated carbocycles. The zero-order valence-electron chi connectivity index (χ0n) is 32.1. The van der Waals surface area contributed by atoms with Gasteiger partial charge in [-0.15, -0.1) is 23.2 Å². The van der Waals surface area contributed by atoms with Crippen LogP contribution in [0.5, 0.6) is 0 Å². The van der Waals surface area contributed by atoms with Gasteiger partial charge in [0.15, 0.2) is 0 Å². The van der Waals surface area contributed by atoms with E-state index in [4.69, 9.17) is 11.8 Å². The number of hydrogen-bond donors (Lipinski definition) is 0. The molecular formula is C42H77O2PS2Zn. The van der Waals surface area contributed by atoms with E-state index in [-0.39, 0.29) is 19.5 Å². The summed E-state index contributed by atoms with van der Waals surface area (Å²) in [6.45, 7) is 4.58. The van der Waals surface area contributed by atoms with Crippen LogP contribution in [0.1, 0.15) is 230 Å². The molecule has 1 aromatic carbocycles. The van der Waals surface area contributed by atoms with E-state index in [0.717, 1.165) is 35.5 Å². The van der Waals surface area contributed by atoms with E-state index < -0.39 is 5.69 Å². The quantitative estimate of drug-likeness (QED) is 0.0387. The van der Waals surface area contributed by atoms with Gasteiger partial charge >= 0.3 is 19.5 Å². The summed E-state index contributed by atoms with van der Waals surface area (Å²) in [6.07, 6.45) is 46.1. The Labute approximate surface area is 322 Å². The van der Waals surface area contributed by atoms with Crippen molar-refractivity contribution in [3.05, 3.63) is 29.3 Å². The Morgan fingerprint density at radius 1 is 0.458 bits per heavy atom. The largest absolute Gasteiger partial charge is 2.00 e. The molecule has 0 N–H and O–H groups in total. The maximum absolute atomic E-state index is 12.0. The minimum atomic E-state index is -3.82. The Bertz CT molecular complexity index is 862. The fourth-order valence-electron chi connectivity index (χ4n) is 7.05. The second-order valence-electron chi connectivity index (χ2n) is 14.5. The summed E-state index contributed by atoms with van der Waals surface area (Å²) in [6, 6.07) is 6.24. The average molecular weight is 775 g/mol. The first kappa shape index (κ1) is 48.8. The van der Waals surface area contributed by atoms with Crippen LogP contribution >= 0.6 is 17.1 Å². The first-order valence-corrected chi connectivity index (χ1v) is 24.9. The molecule has 0 aromatic heterocycles. The smallest absolute Gasteiger partial charge is 0.824 e. The van der Waals surface area contributed by atoms with Crippen LogP contribution in [0.25, 0.3) is 0 Å². The van der Waals surface area contributed by atoms with Crippen LogP contribution in [-0.4, -0.2) is 0 Å². The maximum atomic E-state index is 12.0. The summed E-state index contributed by atoms with van der Waals surface area (Å²) < 4.78 is 0. The van der Waals surface area contributed by atoms with Gasteiger partial charge in [0.2, 0.25) is 0 Å². The fourth-order valence-corrected chi connectivity index (χ4v) is 9.73. The Balaban J connectivity index is 0.0000221. The number of rotatable bonds is 36. The minimum Gasteiger partial charge on any atom is -0.824 e. The van der Waals surface area contributed by atoms with Gasteiger partial charge in [0.05, 0.1) is 0 Å². The SMILES string of the molecule is CCCCCCCCCCCCCCCCCCc1cccc(SP([O-])([O-])=S)c1CCCCCCCCCCCCCCCCCC.[Zn+2]. The van der Waals surface area contributed by atoms with E-state index in [1.165, 1.54) is 210 Å². The molecule has 0 amide bonds. The molecule has 0 radical (unpaired) electrons. The van der Waals surface area contributed by atoms with Crippen molar-refractivity contribution in [3.63, 3.8) is 0 Å². The van der Waals surface area contributed by atoms with E-state index >= 15 is 0 Å². The summed E-state index contributed by atoms with van der Waals surface area (Å²) in [5.41, 5.74) is -1.22. The Morgan fingerprint density at radius 3 is 1.06 bits per heavy atom. The molecule has 0 fully saturated rings. The van der Waals surface area contributed by atoms with Gasteiger partial charge in [-0.2, -0.15) is 5.69 Å². The van der Waals surface area contributed by atoms with Crippen molar-refractivity contribution >= 4 is 28.9 Å². The molecule has 0 atom stereocenters. The average Bonchev–Trinajstić information content (AvgIpc) is 3.04. The molecule has 1 rings (SSSR count). The predicted octanol–water partition coefficient (Wildman–Crippen LogP) is 14.3. The first-order valence-electron chi connectivity index (χ1n) is 20.8. The molecule has 0 spiro atoms. The standard InChI is InChI=1S/C42H79O2PS2.Zn/c1-3-5-7-9-11-13-15-17-19-21-23-25-27-29-31-33-36-40-37-35-39-42(47-45(43,44)46)41(40)38-34-32-30-28-26-24-22-20-18-16-14-12-10-8-6-4-2;/h35,37,39H,3-34,36,38H2,1-2H3,(H2,43,44,46);/q;+2/p-2. The monoisotopic (exact) mass is 772 g/mol. The normalized spacial score (nSPS) is 11.7. The van der Waals surface area contributed by atoms with Crippen LogP contribution in [0.15, 0.2) is 23.1 Å². The van der Waals surface area contributed by atoms with Crippen LogP contribution in [0.4, 0.5) is 0 Å². The van der Waals surface area contributed by atoms with Crippen molar-refractivity contribution in [1.29, 1.82) is 0 Å². The van der Waals surface area contributed by atoms with Gasteiger partial charge in [0, 0.05) is 4.90 Å². The third-order valence-corrected chi connectivity index (χ3v) is 12.8. The minimum absolute atomic E-state index is 0. The topological polar surface area (TPSA) is 46.1 Å². The second-order valence-corrected chi connectivity index (χ2v) is 20.2. The third-order valence-electron chi connectivity index (χ3n) is 10.0. The number of hydrogen-bond acceptors (Lipinski definition) is 4. The van der Waals surface area contributed by atoms with Crippen LogP contribution < -0.4 is 9.79 Å². The summed E-state index contributed by atoms with van der Waals surface area (Å²) in [5, 5.41) is 0. The summed E-state index contributed by atoms with van der Waals surface area (Å²) in [4.78, 5) is 24.9. The van der Waals surface area contributed by atoms with E-state index in [1.54, 1.807) is 0 Å². The molecule has 0 aliphatic rings. The zero-order valence-corrected chi connectivity index (χ0v) is 37.6. The fraction of sp³-hybridized carbons (Fsp3) is 0.857. The van der Waals surface area contributed by atoms with Crippen LogP contribution in [-0.2, 0) is 44.1 Å². The van der Waals surface area contributed by atoms with E-state index in [2.05, 4.69) is 19.9 Å². The molecule has 1 aromatic rings. The van der Waals surface area contributed by atoms with Crippen molar-refractivity contribution < 1.29 is 29.3 Å². The molecule has 276 valence electrons. The van der Waals surface area contributed by atoms with E-state index in [1.807, 2.05) is 12.1 Å². The number of benzene rings is 1. The van der Waals surface area contributed by atoms with Crippen molar-refractivity contribution in [2.45, 2.75) is 237 Å². The maximum Gasteiger partial charge on any atom is 2.00 e. The van der Waals surface area contributed by atoms with E-state index in [9.17, 15) is 9.79 Å². The van der Waals surface area contributed by atoms with Crippen LogP contribution in [0, 0.1) is 0 Å². The van der Waals surface area contributed by atoms with Gasteiger partial charge in [0.25, 0.3) is 0 Å². The third kappa shape index (κ3) is 31.5. The zero-order chi connectivity index (χ0) is 34.1. The van der Waals surface area contributed by atoms with E-state index in [0.29, 0.717) is 0 Å².